The minimum absolute atomic E-state index is 0.309. The van der Waals surface area contributed by atoms with Crippen molar-refractivity contribution in [3.05, 3.63) is 54.1 Å². The van der Waals surface area contributed by atoms with Crippen LogP contribution in [0.3, 0.4) is 0 Å². The molecule has 0 saturated heterocycles. The fourth-order valence-corrected chi connectivity index (χ4v) is 2.26. The van der Waals surface area contributed by atoms with Gasteiger partial charge in [-0.1, -0.05) is 6.92 Å². The van der Waals surface area contributed by atoms with Gasteiger partial charge in [-0.05, 0) is 82.6 Å². The number of hydrogen-bond donors (Lipinski definition) is 0. The Morgan fingerprint density at radius 2 is 1.38 bits per heavy atom. The predicted octanol–water partition coefficient (Wildman–Crippen LogP) is 5.01. The summed E-state index contributed by atoms with van der Waals surface area (Å²) in [6.45, 7) is 9.85. The van der Waals surface area contributed by atoms with Gasteiger partial charge in [0.25, 0.3) is 0 Å². The second-order valence-corrected chi connectivity index (χ2v) is 7.15. The van der Waals surface area contributed by atoms with E-state index in [1.165, 1.54) is 0 Å². The van der Waals surface area contributed by atoms with E-state index in [-0.39, 0.29) is 12.3 Å². The van der Waals surface area contributed by atoms with Crippen molar-refractivity contribution in [1.29, 1.82) is 0 Å². The lowest BCUT2D eigenvalue weighted by atomic mass is 9.91. The highest BCUT2D eigenvalue weighted by atomic mass is 16.7. The summed E-state index contributed by atoms with van der Waals surface area (Å²) in [6.07, 6.45) is 0.314. The van der Waals surface area contributed by atoms with Gasteiger partial charge in [0.1, 0.15) is 17.2 Å². The van der Waals surface area contributed by atoms with E-state index in [4.69, 9.17) is 18.9 Å². The fraction of sp³-hybridized carbons (Fsp3) is 0.391. The van der Waals surface area contributed by atoms with E-state index in [1.54, 1.807) is 48.5 Å². The van der Waals surface area contributed by atoms with E-state index < -0.39 is 11.4 Å². The van der Waals surface area contributed by atoms with E-state index in [9.17, 15) is 9.59 Å². The minimum Gasteiger partial charge on any atom is -0.465 e. The zero-order valence-corrected chi connectivity index (χ0v) is 17.6. The maximum absolute atomic E-state index is 12.3. The van der Waals surface area contributed by atoms with Crippen molar-refractivity contribution in [1.82, 2.24) is 0 Å². The van der Waals surface area contributed by atoms with Crippen molar-refractivity contribution in [2.45, 2.75) is 47.3 Å². The smallest absolute Gasteiger partial charge is 0.343 e. The van der Waals surface area contributed by atoms with Crippen LogP contribution in [-0.2, 0) is 9.53 Å². The maximum atomic E-state index is 12.3. The van der Waals surface area contributed by atoms with Crippen LogP contribution in [0.25, 0.3) is 0 Å². The highest BCUT2D eigenvalue weighted by Gasteiger charge is 2.27. The molecule has 2 aromatic carbocycles. The molecule has 0 N–H and O–H groups in total. The summed E-state index contributed by atoms with van der Waals surface area (Å²) in [7, 11) is 0. The van der Waals surface area contributed by atoms with Gasteiger partial charge < -0.3 is 18.9 Å². The first-order chi connectivity index (χ1) is 13.7. The van der Waals surface area contributed by atoms with Gasteiger partial charge in [0.2, 0.25) is 0 Å². The zero-order chi connectivity index (χ0) is 21.4. The van der Waals surface area contributed by atoms with Crippen LogP contribution in [0.4, 0.5) is 0 Å². The average Bonchev–Trinajstić information content (AvgIpc) is 2.70. The molecule has 0 heterocycles. The van der Waals surface area contributed by atoms with Crippen LogP contribution in [0.2, 0.25) is 0 Å². The summed E-state index contributed by atoms with van der Waals surface area (Å²) >= 11 is 0. The Balaban J connectivity index is 1.94. The van der Waals surface area contributed by atoms with Gasteiger partial charge in [0.15, 0.2) is 6.29 Å². The lowest BCUT2D eigenvalue weighted by Gasteiger charge is -2.20. The van der Waals surface area contributed by atoms with Crippen LogP contribution < -0.4 is 14.2 Å². The molecule has 0 aliphatic carbocycles. The number of benzene rings is 2. The molecule has 2 aromatic rings. The van der Waals surface area contributed by atoms with E-state index in [1.807, 2.05) is 34.6 Å². The normalized spacial score (nSPS) is 12.2. The second kappa shape index (κ2) is 10.1. The largest absolute Gasteiger partial charge is 0.465 e. The quantitative estimate of drug-likeness (QED) is 0.335. The van der Waals surface area contributed by atoms with Crippen LogP contribution in [-0.4, -0.2) is 24.8 Å². The van der Waals surface area contributed by atoms with Crippen LogP contribution in [0.5, 0.6) is 17.2 Å². The number of esters is 2. The number of ether oxygens (including phenoxy) is 4. The monoisotopic (exact) mass is 400 g/mol. The fourth-order valence-electron chi connectivity index (χ4n) is 2.26. The third-order valence-electron chi connectivity index (χ3n) is 4.47. The van der Waals surface area contributed by atoms with Crippen LogP contribution in [0, 0.1) is 5.41 Å². The predicted molar refractivity (Wildman–Crippen MR) is 109 cm³/mol. The molecule has 2 rings (SSSR count). The molecule has 6 heteroatoms. The first-order valence-electron chi connectivity index (χ1n) is 9.68. The van der Waals surface area contributed by atoms with Crippen molar-refractivity contribution in [2.24, 2.45) is 5.41 Å². The molecule has 0 saturated carbocycles. The molecule has 0 radical (unpaired) electrons. The highest BCUT2D eigenvalue weighted by molar-refractivity contribution is 5.91. The van der Waals surface area contributed by atoms with Gasteiger partial charge in [-0.25, -0.2) is 4.79 Å². The third-order valence-corrected chi connectivity index (χ3v) is 4.47. The summed E-state index contributed by atoms with van der Waals surface area (Å²) in [4.78, 5) is 24.4. The molecule has 6 nitrogen and oxygen atoms in total. The highest BCUT2D eigenvalue weighted by Crippen LogP contribution is 2.24. The van der Waals surface area contributed by atoms with Crippen LogP contribution in [0.1, 0.15) is 51.4 Å². The van der Waals surface area contributed by atoms with E-state index in [0.29, 0.717) is 35.8 Å². The van der Waals surface area contributed by atoms with Crippen molar-refractivity contribution in [2.75, 3.05) is 6.61 Å². The van der Waals surface area contributed by atoms with Gasteiger partial charge in [-0.3, -0.25) is 4.79 Å². The van der Waals surface area contributed by atoms with E-state index >= 15 is 0 Å². The molecule has 156 valence electrons. The number of carbonyl (C=O) groups is 2. The summed E-state index contributed by atoms with van der Waals surface area (Å²) in [5.74, 6) is 0.584. The minimum atomic E-state index is -0.562. The molecular formula is C23H28O6. The SMILES string of the molecule is CCOC(C)Oc1ccc(OC(=O)c2ccc(OC(=O)C(C)(C)CC)cc2)cc1. The number of hydrogen-bond acceptors (Lipinski definition) is 6. The Morgan fingerprint density at radius 3 is 1.93 bits per heavy atom. The van der Waals surface area contributed by atoms with Crippen LogP contribution in [0.15, 0.2) is 48.5 Å². The molecule has 0 aliphatic heterocycles. The Morgan fingerprint density at radius 1 is 0.862 bits per heavy atom. The van der Waals surface area contributed by atoms with Gasteiger partial charge in [-0.15, -0.1) is 0 Å². The van der Waals surface area contributed by atoms with Crippen molar-refractivity contribution >= 4 is 11.9 Å². The lowest BCUT2D eigenvalue weighted by Crippen LogP contribution is -2.28. The van der Waals surface area contributed by atoms with Crippen LogP contribution >= 0.6 is 0 Å². The Labute approximate surface area is 171 Å². The van der Waals surface area contributed by atoms with Gasteiger partial charge in [-0.2, -0.15) is 0 Å². The number of rotatable bonds is 9. The van der Waals surface area contributed by atoms with Crippen molar-refractivity contribution in [3.8, 4) is 17.2 Å². The summed E-state index contributed by atoms with van der Waals surface area (Å²) in [6, 6.07) is 13.0. The van der Waals surface area contributed by atoms with Gasteiger partial charge in [0, 0.05) is 6.61 Å². The summed E-state index contributed by atoms with van der Waals surface area (Å²) in [5.41, 5.74) is -0.210. The average molecular weight is 400 g/mol. The van der Waals surface area contributed by atoms with Gasteiger partial charge >= 0.3 is 11.9 Å². The molecule has 29 heavy (non-hydrogen) atoms. The first kappa shape index (κ1) is 22.4. The standard InChI is InChI=1S/C23H28O6/c1-6-23(4,5)22(25)29-20-10-8-17(9-11-20)21(24)28-19-14-12-18(13-15-19)27-16(3)26-7-2/h8-16H,6-7H2,1-5H3. The molecule has 1 unspecified atom stereocenters. The van der Waals surface area contributed by atoms with Gasteiger partial charge in [0.05, 0.1) is 11.0 Å². The van der Waals surface area contributed by atoms with E-state index in [0.717, 1.165) is 0 Å². The molecule has 1 atom stereocenters. The first-order valence-corrected chi connectivity index (χ1v) is 9.68. The third kappa shape index (κ3) is 6.61. The lowest BCUT2D eigenvalue weighted by molar-refractivity contribution is -0.144. The van der Waals surface area contributed by atoms with Crippen molar-refractivity contribution < 1.29 is 28.5 Å². The second-order valence-electron chi connectivity index (χ2n) is 7.15. The molecule has 0 aromatic heterocycles. The summed E-state index contributed by atoms with van der Waals surface area (Å²) in [5, 5.41) is 0. The molecule has 0 spiro atoms. The Bertz CT molecular complexity index is 808. The molecule has 0 fully saturated rings. The maximum Gasteiger partial charge on any atom is 0.343 e. The molecule has 0 aliphatic rings. The number of carbonyl (C=O) groups excluding carboxylic acids is 2. The topological polar surface area (TPSA) is 71.1 Å². The Kier molecular flexibility index (Phi) is 7.79. The molecule has 0 amide bonds. The van der Waals surface area contributed by atoms with Crippen molar-refractivity contribution in [3.63, 3.8) is 0 Å². The van der Waals surface area contributed by atoms with E-state index in [2.05, 4.69) is 0 Å². The zero-order valence-electron chi connectivity index (χ0n) is 17.6. The molecular weight excluding hydrogens is 372 g/mol. The molecule has 0 bridgehead atoms. The Hall–Kier alpha value is -2.86. The summed E-state index contributed by atoms with van der Waals surface area (Å²) < 4.78 is 21.6.